The Morgan fingerprint density at radius 1 is 1.30 bits per heavy atom. The largest absolute Gasteiger partial charge is 0.416 e. The highest BCUT2D eigenvalue weighted by molar-refractivity contribution is 5.28. The van der Waals surface area contributed by atoms with Gasteiger partial charge in [0.15, 0.2) is 0 Å². The molecule has 0 amide bonds. The zero-order valence-corrected chi connectivity index (χ0v) is 12.1. The molecule has 1 saturated heterocycles. The van der Waals surface area contributed by atoms with E-state index in [0.717, 1.165) is 24.2 Å². The standard InChI is InChI=1S/C15H16F3N3O2/c16-15(17,18)11-3-1-9(2-4-11)14(22)21-6-5-10(8-21)12-7-13(19)23-20-12/h1-4,7,10,14,22H,5-6,8,19H2. The molecular formula is C15H16F3N3O2. The van der Waals surface area contributed by atoms with Crippen molar-refractivity contribution in [3.8, 4) is 0 Å². The van der Waals surface area contributed by atoms with E-state index in [1.165, 1.54) is 12.1 Å². The van der Waals surface area contributed by atoms with Crippen LogP contribution in [-0.4, -0.2) is 28.3 Å². The third-order valence-corrected chi connectivity index (χ3v) is 4.07. The predicted octanol–water partition coefficient (Wildman–Crippen LogP) is 2.76. The first-order chi connectivity index (χ1) is 10.8. The smallest absolute Gasteiger partial charge is 0.374 e. The summed E-state index contributed by atoms with van der Waals surface area (Å²) in [5.41, 5.74) is 5.92. The Kier molecular flexibility index (Phi) is 4.03. The average Bonchev–Trinajstić information content (AvgIpc) is 3.14. The van der Waals surface area contributed by atoms with Gasteiger partial charge in [-0.3, -0.25) is 4.90 Å². The number of hydrogen-bond donors (Lipinski definition) is 2. The van der Waals surface area contributed by atoms with Crippen molar-refractivity contribution >= 4 is 5.88 Å². The van der Waals surface area contributed by atoms with E-state index in [0.29, 0.717) is 18.7 Å². The van der Waals surface area contributed by atoms with Gasteiger partial charge < -0.3 is 15.4 Å². The van der Waals surface area contributed by atoms with Crippen LogP contribution in [0.3, 0.4) is 0 Å². The lowest BCUT2D eigenvalue weighted by Gasteiger charge is -2.23. The lowest BCUT2D eigenvalue weighted by atomic mass is 10.1. The highest BCUT2D eigenvalue weighted by atomic mass is 19.4. The van der Waals surface area contributed by atoms with Crippen molar-refractivity contribution in [1.29, 1.82) is 0 Å². The molecule has 2 atom stereocenters. The summed E-state index contributed by atoms with van der Waals surface area (Å²) in [5.74, 6) is 0.321. The molecule has 1 aliphatic heterocycles. The van der Waals surface area contributed by atoms with Gasteiger partial charge >= 0.3 is 6.18 Å². The Balaban J connectivity index is 1.68. The van der Waals surface area contributed by atoms with Gasteiger partial charge in [-0.25, -0.2) is 0 Å². The number of aliphatic hydroxyl groups excluding tert-OH is 1. The monoisotopic (exact) mass is 327 g/mol. The molecule has 3 N–H and O–H groups in total. The van der Waals surface area contributed by atoms with Crippen molar-refractivity contribution < 1.29 is 22.8 Å². The lowest BCUT2D eigenvalue weighted by Crippen LogP contribution is -2.26. The number of rotatable bonds is 3. The van der Waals surface area contributed by atoms with E-state index in [2.05, 4.69) is 5.16 Å². The van der Waals surface area contributed by atoms with Gasteiger partial charge in [0.25, 0.3) is 0 Å². The van der Waals surface area contributed by atoms with Crippen LogP contribution in [0.4, 0.5) is 19.1 Å². The molecule has 0 radical (unpaired) electrons. The number of nitrogens with zero attached hydrogens (tertiary/aromatic N) is 2. The number of anilines is 1. The fraction of sp³-hybridized carbons (Fsp3) is 0.400. The van der Waals surface area contributed by atoms with Crippen LogP contribution < -0.4 is 5.73 Å². The minimum absolute atomic E-state index is 0.0835. The molecule has 2 unspecified atom stereocenters. The number of hydrogen-bond acceptors (Lipinski definition) is 5. The zero-order valence-electron chi connectivity index (χ0n) is 12.1. The number of halogens is 3. The van der Waals surface area contributed by atoms with Crippen LogP contribution in [0.15, 0.2) is 34.9 Å². The Labute approximate surface area is 130 Å². The van der Waals surface area contributed by atoms with E-state index in [1.807, 2.05) is 0 Å². The highest BCUT2D eigenvalue weighted by Crippen LogP contribution is 2.34. The summed E-state index contributed by atoms with van der Waals surface area (Å²) >= 11 is 0. The summed E-state index contributed by atoms with van der Waals surface area (Å²) in [6, 6.07) is 6.21. The maximum atomic E-state index is 12.6. The summed E-state index contributed by atoms with van der Waals surface area (Å²) < 4.78 is 42.5. The van der Waals surface area contributed by atoms with E-state index >= 15 is 0 Å². The van der Waals surface area contributed by atoms with Gasteiger partial charge in [0.05, 0.1) is 11.3 Å². The van der Waals surface area contributed by atoms with Gasteiger partial charge in [0.1, 0.15) is 6.23 Å². The van der Waals surface area contributed by atoms with E-state index in [1.54, 1.807) is 11.0 Å². The Morgan fingerprint density at radius 3 is 2.57 bits per heavy atom. The molecule has 0 bridgehead atoms. The molecule has 124 valence electrons. The van der Waals surface area contributed by atoms with Crippen LogP contribution in [-0.2, 0) is 6.18 Å². The zero-order chi connectivity index (χ0) is 16.6. The van der Waals surface area contributed by atoms with Crippen LogP contribution in [0.25, 0.3) is 0 Å². The SMILES string of the molecule is Nc1cc(C2CCN(C(O)c3ccc(C(F)(F)F)cc3)C2)no1. The second-order valence-corrected chi connectivity index (χ2v) is 5.63. The number of aliphatic hydroxyl groups is 1. The van der Waals surface area contributed by atoms with Gasteiger partial charge in [-0.05, 0) is 24.1 Å². The Morgan fingerprint density at radius 2 is 2.00 bits per heavy atom. The van der Waals surface area contributed by atoms with Crippen LogP contribution in [0, 0.1) is 0 Å². The molecule has 0 spiro atoms. The van der Waals surface area contributed by atoms with Gasteiger partial charge in [-0.2, -0.15) is 13.2 Å². The number of aromatic nitrogens is 1. The second-order valence-electron chi connectivity index (χ2n) is 5.63. The molecule has 1 aromatic heterocycles. The van der Waals surface area contributed by atoms with Crippen molar-refractivity contribution in [2.24, 2.45) is 0 Å². The molecule has 0 aliphatic carbocycles. The third-order valence-electron chi connectivity index (χ3n) is 4.07. The van der Waals surface area contributed by atoms with E-state index < -0.39 is 18.0 Å². The summed E-state index contributed by atoms with van der Waals surface area (Å²) in [7, 11) is 0. The number of nitrogen functional groups attached to an aromatic ring is 1. The van der Waals surface area contributed by atoms with Gasteiger partial charge in [0, 0.05) is 25.1 Å². The number of benzene rings is 1. The first kappa shape index (κ1) is 15.8. The van der Waals surface area contributed by atoms with Crippen molar-refractivity contribution in [3.05, 3.63) is 47.2 Å². The molecule has 0 saturated carbocycles. The molecule has 1 fully saturated rings. The second kappa shape index (κ2) is 5.86. The fourth-order valence-electron chi connectivity index (χ4n) is 2.80. The average molecular weight is 327 g/mol. The Bertz CT molecular complexity index is 669. The van der Waals surface area contributed by atoms with Gasteiger partial charge in [-0.1, -0.05) is 17.3 Å². The Hall–Kier alpha value is -2.06. The van der Waals surface area contributed by atoms with Crippen molar-refractivity contribution in [2.75, 3.05) is 18.8 Å². The fourth-order valence-corrected chi connectivity index (χ4v) is 2.80. The normalized spacial score (nSPS) is 20.8. The van der Waals surface area contributed by atoms with E-state index in [9.17, 15) is 18.3 Å². The molecular weight excluding hydrogens is 311 g/mol. The highest BCUT2D eigenvalue weighted by Gasteiger charge is 2.32. The summed E-state index contributed by atoms with van der Waals surface area (Å²) in [6.07, 6.45) is -4.56. The number of likely N-dealkylation sites (tertiary alicyclic amines) is 1. The molecule has 23 heavy (non-hydrogen) atoms. The van der Waals surface area contributed by atoms with Crippen molar-refractivity contribution in [3.63, 3.8) is 0 Å². The summed E-state index contributed by atoms with van der Waals surface area (Å²) in [6.45, 7) is 1.15. The van der Waals surface area contributed by atoms with Crippen LogP contribution in [0.1, 0.15) is 35.4 Å². The van der Waals surface area contributed by atoms with Gasteiger partial charge in [-0.15, -0.1) is 0 Å². The lowest BCUT2D eigenvalue weighted by molar-refractivity contribution is -0.137. The third kappa shape index (κ3) is 3.32. The van der Waals surface area contributed by atoms with E-state index in [4.69, 9.17) is 10.3 Å². The molecule has 5 nitrogen and oxygen atoms in total. The molecule has 2 aromatic rings. The minimum atomic E-state index is -4.38. The molecule has 1 aliphatic rings. The number of nitrogens with two attached hydrogens (primary N) is 1. The summed E-state index contributed by atoms with van der Waals surface area (Å²) in [5, 5.41) is 14.2. The molecule has 2 heterocycles. The van der Waals surface area contributed by atoms with Crippen molar-refractivity contribution in [1.82, 2.24) is 10.1 Å². The number of alkyl halides is 3. The summed E-state index contributed by atoms with van der Waals surface area (Å²) in [4.78, 5) is 1.79. The molecule has 3 rings (SSSR count). The maximum absolute atomic E-state index is 12.6. The van der Waals surface area contributed by atoms with Gasteiger partial charge in [0.2, 0.25) is 5.88 Å². The maximum Gasteiger partial charge on any atom is 0.416 e. The molecule has 8 heteroatoms. The predicted molar refractivity (Wildman–Crippen MR) is 76.3 cm³/mol. The topological polar surface area (TPSA) is 75.5 Å². The minimum Gasteiger partial charge on any atom is -0.374 e. The van der Waals surface area contributed by atoms with Crippen LogP contribution in [0.5, 0.6) is 0 Å². The quantitative estimate of drug-likeness (QED) is 0.906. The first-order valence-electron chi connectivity index (χ1n) is 7.16. The van der Waals surface area contributed by atoms with Crippen LogP contribution >= 0.6 is 0 Å². The molecule has 1 aromatic carbocycles. The first-order valence-corrected chi connectivity index (χ1v) is 7.16. The van der Waals surface area contributed by atoms with Crippen LogP contribution in [0.2, 0.25) is 0 Å². The van der Waals surface area contributed by atoms with Crippen molar-refractivity contribution in [2.45, 2.75) is 24.7 Å². The van der Waals surface area contributed by atoms with E-state index in [-0.39, 0.29) is 11.8 Å².